The van der Waals surface area contributed by atoms with Crippen LogP contribution in [-0.4, -0.2) is 64.0 Å². The van der Waals surface area contributed by atoms with Gasteiger partial charge >= 0.3 is 6.18 Å². The number of ketones is 1. The van der Waals surface area contributed by atoms with E-state index in [1.807, 2.05) is 11.8 Å². The summed E-state index contributed by atoms with van der Waals surface area (Å²) in [6, 6.07) is -0.587. The zero-order valence-electron chi connectivity index (χ0n) is 18.5. The molecular weight excluding hydrogens is 443 g/mol. The van der Waals surface area contributed by atoms with Crippen molar-refractivity contribution in [3.63, 3.8) is 0 Å². The van der Waals surface area contributed by atoms with Crippen molar-refractivity contribution in [3.8, 4) is 0 Å². The maximum atomic E-state index is 14.0. The molecule has 5 rings (SSSR count). The molecule has 178 valence electrons. The molecule has 0 N–H and O–H groups in total. The highest BCUT2D eigenvalue weighted by Gasteiger charge is 2.51. The number of aryl methyl sites for hydroxylation is 2. The van der Waals surface area contributed by atoms with Gasteiger partial charge in [0.2, 0.25) is 5.95 Å². The van der Waals surface area contributed by atoms with Crippen molar-refractivity contribution >= 4 is 17.5 Å². The van der Waals surface area contributed by atoms with Crippen LogP contribution in [0.1, 0.15) is 41.6 Å². The number of rotatable bonds is 4. The number of hydrogen-bond donors (Lipinski definition) is 0. The quantitative estimate of drug-likeness (QED) is 0.632. The van der Waals surface area contributed by atoms with Gasteiger partial charge in [-0.05, 0) is 27.2 Å². The average molecular weight is 467 g/mol. The maximum absolute atomic E-state index is 14.0. The molecule has 33 heavy (non-hydrogen) atoms. The Labute approximate surface area is 187 Å². The highest BCUT2D eigenvalue weighted by atomic mass is 19.4. The van der Waals surface area contributed by atoms with E-state index in [0.717, 1.165) is 11.3 Å². The van der Waals surface area contributed by atoms with Gasteiger partial charge in [-0.3, -0.25) is 14.2 Å². The Bertz CT molecular complexity index is 1160. The highest BCUT2D eigenvalue weighted by molar-refractivity contribution is 6.00. The Hall–Kier alpha value is -2.89. The third-order valence-electron chi connectivity index (χ3n) is 6.85. The molecule has 0 aromatic carbocycles. The molecule has 2 aromatic heterocycles. The monoisotopic (exact) mass is 467 g/mol. The van der Waals surface area contributed by atoms with Crippen molar-refractivity contribution in [2.24, 2.45) is 0 Å². The fraction of sp³-hybridized carbons (Fsp3) is 0.619. The fourth-order valence-corrected chi connectivity index (χ4v) is 5.24. The first-order valence-corrected chi connectivity index (χ1v) is 10.8. The number of alkyl halides is 3. The Morgan fingerprint density at radius 2 is 2.09 bits per heavy atom. The van der Waals surface area contributed by atoms with E-state index in [-0.39, 0.29) is 41.9 Å². The maximum Gasteiger partial charge on any atom is 0.408 e. The summed E-state index contributed by atoms with van der Waals surface area (Å²) in [6.07, 6.45) is -4.21. The normalized spacial score (nSPS) is 26.7. The molecule has 2 fully saturated rings. The lowest BCUT2D eigenvalue weighted by molar-refractivity contribution is -0.152. The van der Waals surface area contributed by atoms with E-state index in [2.05, 4.69) is 10.1 Å². The number of nitrogens with zero attached hydrogens (tertiary/aromatic N) is 5. The van der Waals surface area contributed by atoms with Gasteiger partial charge in [-0.2, -0.15) is 18.2 Å². The van der Waals surface area contributed by atoms with Crippen LogP contribution in [0.4, 0.5) is 24.9 Å². The minimum atomic E-state index is -4.61. The number of morpholine rings is 1. The highest BCUT2D eigenvalue weighted by Crippen LogP contribution is 2.41. The van der Waals surface area contributed by atoms with Crippen LogP contribution >= 0.6 is 0 Å². The number of carbonyl (C=O) groups is 1. The van der Waals surface area contributed by atoms with E-state index in [1.165, 1.54) is 17.6 Å². The number of ether oxygens (including phenoxy) is 1. The van der Waals surface area contributed by atoms with Gasteiger partial charge in [0.1, 0.15) is 17.6 Å². The molecule has 12 heteroatoms. The van der Waals surface area contributed by atoms with E-state index in [0.29, 0.717) is 24.7 Å². The predicted octanol–water partition coefficient (Wildman–Crippen LogP) is 2.24. The van der Waals surface area contributed by atoms with Gasteiger partial charge < -0.3 is 19.1 Å². The van der Waals surface area contributed by atoms with Crippen LogP contribution in [0.15, 0.2) is 15.4 Å². The van der Waals surface area contributed by atoms with Gasteiger partial charge in [-0.1, -0.05) is 5.16 Å². The third kappa shape index (κ3) is 3.51. The van der Waals surface area contributed by atoms with Gasteiger partial charge in [0.15, 0.2) is 5.78 Å². The van der Waals surface area contributed by atoms with Crippen LogP contribution in [0.2, 0.25) is 0 Å². The topological polar surface area (TPSA) is 93.7 Å². The summed E-state index contributed by atoms with van der Waals surface area (Å²) >= 11 is 0. The summed E-state index contributed by atoms with van der Waals surface area (Å²) in [5.74, 6) is -0.192. The molecule has 2 aromatic rings. The minimum Gasteiger partial charge on any atom is -0.374 e. The van der Waals surface area contributed by atoms with E-state index in [1.54, 1.807) is 6.92 Å². The molecule has 0 aliphatic carbocycles. The first kappa shape index (κ1) is 21.9. The zero-order valence-corrected chi connectivity index (χ0v) is 18.5. The predicted molar refractivity (Wildman–Crippen MR) is 111 cm³/mol. The lowest BCUT2D eigenvalue weighted by atomic mass is 10.0. The van der Waals surface area contributed by atoms with Crippen molar-refractivity contribution < 1.29 is 27.2 Å². The third-order valence-corrected chi connectivity index (χ3v) is 6.85. The second kappa shape index (κ2) is 7.31. The Morgan fingerprint density at radius 1 is 1.33 bits per heavy atom. The Morgan fingerprint density at radius 3 is 2.67 bits per heavy atom. The van der Waals surface area contributed by atoms with E-state index in [4.69, 9.17) is 9.26 Å². The molecule has 2 bridgehead atoms. The van der Waals surface area contributed by atoms with Crippen LogP contribution in [0.25, 0.3) is 0 Å². The smallest absolute Gasteiger partial charge is 0.374 e. The standard InChI is InChI=1S/C21H24F3N5O4/c1-11-18(12(2)33-26-11)14(30)9-28-15(21(22,23)24)4-5-27-17(31)6-16(25-19(27)28)29-8-13-7-20(29,3)10-32-13/h6,13,15H,4-5,7-10H2,1-3H3. The molecule has 5 heterocycles. The van der Waals surface area contributed by atoms with Crippen molar-refractivity contribution in [3.05, 3.63) is 33.4 Å². The second-order valence-electron chi connectivity index (χ2n) is 9.25. The first-order chi connectivity index (χ1) is 15.5. The number of Topliss-reactive ketones (excluding diaryl/α,β-unsaturated/α-hetero) is 1. The number of anilines is 2. The lowest BCUT2D eigenvalue weighted by Gasteiger charge is -2.40. The second-order valence-corrected chi connectivity index (χ2v) is 9.25. The van der Waals surface area contributed by atoms with Gasteiger partial charge in [-0.25, -0.2) is 0 Å². The number of fused-ring (bicyclic) bond motifs is 3. The van der Waals surface area contributed by atoms with Gasteiger partial charge in [-0.15, -0.1) is 0 Å². The summed E-state index contributed by atoms with van der Waals surface area (Å²) in [5.41, 5.74) is -0.373. The molecule has 3 aliphatic heterocycles. The van der Waals surface area contributed by atoms with E-state index < -0.39 is 30.1 Å². The summed E-state index contributed by atoms with van der Waals surface area (Å²) in [7, 11) is 0. The number of aromatic nitrogens is 3. The fourth-order valence-electron chi connectivity index (χ4n) is 5.24. The number of hydrogen-bond acceptors (Lipinski definition) is 8. The lowest BCUT2D eigenvalue weighted by Crippen LogP contribution is -2.54. The molecule has 9 nitrogen and oxygen atoms in total. The molecular formula is C21H24F3N5O4. The SMILES string of the molecule is Cc1noc(C)c1C(=O)CN1c2nc(N3CC4CC3(C)CO4)cc(=O)n2CCC1C(F)(F)F. The van der Waals surface area contributed by atoms with Crippen molar-refractivity contribution in [1.29, 1.82) is 0 Å². The average Bonchev–Trinajstić information content (AvgIpc) is 3.38. The van der Waals surface area contributed by atoms with Gasteiger partial charge in [0.05, 0.1) is 36.1 Å². The first-order valence-electron chi connectivity index (χ1n) is 10.8. The summed E-state index contributed by atoms with van der Waals surface area (Å²) < 4.78 is 53.9. The summed E-state index contributed by atoms with van der Waals surface area (Å²) in [6.45, 7) is 5.29. The van der Waals surface area contributed by atoms with Crippen LogP contribution < -0.4 is 15.4 Å². The molecule has 3 atom stereocenters. The molecule has 2 saturated heterocycles. The molecule has 0 radical (unpaired) electrons. The molecule has 3 unspecified atom stereocenters. The molecule has 3 aliphatic rings. The molecule has 0 amide bonds. The van der Waals surface area contributed by atoms with Crippen LogP contribution in [0.3, 0.4) is 0 Å². The van der Waals surface area contributed by atoms with E-state index in [9.17, 15) is 22.8 Å². The van der Waals surface area contributed by atoms with Crippen molar-refractivity contribution in [2.75, 3.05) is 29.5 Å². The molecule has 0 spiro atoms. The van der Waals surface area contributed by atoms with Crippen LogP contribution in [0, 0.1) is 13.8 Å². The van der Waals surface area contributed by atoms with Crippen molar-refractivity contribution in [1.82, 2.24) is 14.7 Å². The van der Waals surface area contributed by atoms with E-state index >= 15 is 0 Å². The van der Waals surface area contributed by atoms with Gasteiger partial charge in [0, 0.05) is 25.6 Å². The van der Waals surface area contributed by atoms with Crippen LogP contribution in [-0.2, 0) is 11.3 Å². The minimum absolute atomic E-state index is 0.00395. The summed E-state index contributed by atoms with van der Waals surface area (Å²) in [4.78, 5) is 33.3. The van der Waals surface area contributed by atoms with Crippen molar-refractivity contribution in [2.45, 2.75) is 64.0 Å². The zero-order chi connectivity index (χ0) is 23.7. The number of halogens is 3. The Kier molecular flexibility index (Phi) is 4.86. The molecule has 0 saturated carbocycles. The Balaban J connectivity index is 1.57. The summed E-state index contributed by atoms with van der Waals surface area (Å²) in [5, 5.41) is 3.73. The van der Waals surface area contributed by atoms with Crippen LogP contribution in [0.5, 0.6) is 0 Å². The van der Waals surface area contributed by atoms with Gasteiger partial charge in [0.25, 0.3) is 5.56 Å². The number of carbonyl (C=O) groups excluding carboxylic acids is 1. The largest absolute Gasteiger partial charge is 0.408 e.